The highest BCUT2D eigenvalue weighted by atomic mass is 19.2. The number of hydrogen-bond acceptors (Lipinski definition) is 2. The maximum Gasteiger partial charge on any atom is 0.190 e. The molecule has 0 amide bonds. The Morgan fingerprint density at radius 3 is 2.50 bits per heavy atom. The molecule has 2 N–H and O–H groups in total. The largest absolute Gasteiger partial charge is 0.385 e. The Bertz CT molecular complexity index is 159. The fourth-order valence-corrected chi connectivity index (χ4v) is 0.727. The number of amidine groups is 1. The molecule has 0 saturated heterocycles. The minimum absolute atomic E-state index is 0.368. The van der Waals surface area contributed by atoms with E-state index in [1.807, 2.05) is 0 Å². The Balaban J connectivity index is 2.71. The predicted molar refractivity (Wildman–Crippen MR) is 31.2 cm³/mol. The number of alkyl halides is 3. The van der Waals surface area contributed by atoms with E-state index in [9.17, 15) is 13.2 Å². The first-order valence-corrected chi connectivity index (χ1v) is 2.85. The average Bonchev–Trinajstić information content (AvgIpc) is 1.93. The van der Waals surface area contributed by atoms with Crippen LogP contribution in [0.3, 0.4) is 0 Å². The molecule has 1 heterocycles. The van der Waals surface area contributed by atoms with Gasteiger partial charge in [0.1, 0.15) is 5.84 Å². The van der Waals surface area contributed by atoms with Crippen molar-refractivity contribution < 1.29 is 13.2 Å². The summed E-state index contributed by atoms with van der Waals surface area (Å²) in [4.78, 5) is 3.25. The molecule has 0 aliphatic carbocycles. The van der Waals surface area contributed by atoms with Crippen molar-refractivity contribution in [1.29, 1.82) is 0 Å². The summed E-state index contributed by atoms with van der Waals surface area (Å²) in [7, 11) is 0. The summed E-state index contributed by atoms with van der Waals surface area (Å²) in [6.45, 7) is -0.368. The first-order valence-electron chi connectivity index (χ1n) is 2.85. The molecule has 1 aliphatic heterocycles. The van der Waals surface area contributed by atoms with Gasteiger partial charge in [-0.1, -0.05) is 0 Å². The van der Waals surface area contributed by atoms with Crippen LogP contribution in [0.2, 0.25) is 0 Å². The van der Waals surface area contributed by atoms with E-state index in [-0.39, 0.29) is 6.54 Å². The van der Waals surface area contributed by atoms with Crippen LogP contribution in [0.4, 0.5) is 13.2 Å². The zero-order valence-corrected chi connectivity index (χ0v) is 5.10. The molecule has 3 atom stereocenters. The van der Waals surface area contributed by atoms with Crippen LogP contribution in [0.15, 0.2) is 4.99 Å². The maximum atomic E-state index is 12.4. The van der Waals surface area contributed by atoms with Crippen molar-refractivity contribution in [1.82, 2.24) is 0 Å². The monoisotopic (exact) mass is 152 g/mol. The van der Waals surface area contributed by atoms with Crippen molar-refractivity contribution in [3.63, 3.8) is 0 Å². The van der Waals surface area contributed by atoms with Crippen LogP contribution >= 0.6 is 0 Å². The van der Waals surface area contributed by atoms with Gasteiger partial charge in [-0.05, 0) is 0 Å². The lowest BCUT2D eigenvalue weighted by atomic mass is 10.1. The summed E-state index contributed by atoms with van der Waals surface area (Å²) >= 11 is 0. The molecule has 0 fully saturated rings. The summed E-state index contributed by atoms with van der Waals surface area (Å²) in [6, 6.07) is 0. The van der Waals surface area contributed by atoms with E-state index < -0.39 is 24.4 Å². The van der Waals surface area contributed by atoms with Gasteiger partial charge in [-0.15, -0.1) is 0 Å². The second-order valence-corrected chi connectivity index (χ2v) is 2.13. The van der Waals surface area contributed by atoms with E-state index in [4.69, 9.17) is 5.73 Å². The number of hydrogen-bond donors (Lipinski definition) is 1. The lowest BCUT2D eigenvalue weighted by Crippen LogP contribution is -2.44. The number of nitrogens with two attached hydrogens (primary N) is 1. The molecular weight excluding hydrogens is 145 g/mol. The van der Waals surface area contributed by atoms with E-state index in [1.54, 1.807) is 0 Å². The van der Waals surface area contributed by atoms with Gasteiger partial charge in [0.15, 0.2) is 18.5 Å². The quantitative estimate of drug-likeness (QED) is 0.535. The molecular formula is C5H7F3N2. The standard InChI is InChI=1S/C5H7F3N2/c6-2-1-10-5(9)4(8)3(2)7/h2-4H,1H2,(H2,9,10). The van der Waals surface area contributed by atoms with Crippen molar-refractivity contribution in [2.75, 3.05) is 6.54 Å². The topological polar surface area (TPSA) is 38.4 Å². The molecule has 0 aromatic rings. The second kappa shape index (κ2) is 2.48. The van der Waals surface area contributed by atoms with Gasteiger partial charge in [0.2, 0.25) is 0 Å². The third kappa shape index (κ3) is 1.08. The second-order valence-electron chi connectivity index (χ2n) is 2.13. The van der Waals surface area contributed by atoms with Crippen molar-refractivity contribution in [3.05, 3.63) is 0 Å². The van der Waals surface area contributed by atoms with Crippen molar-refractivity contribution in [2.24, 2.45) is 10.7 Å². The van der Waals surface area contributed by atoms with Gasteiger partial charge in [-0.3, -0.25) is 4.99 Å². The van der Waals surface area contributed by atoms with Gasteiger partial charge in [-0.2, -0.15) is 0 Å². The van der Waals surface area contributed by atoms with Crippen LogP contribution in [0.1, 0.15) is 0 Å². The van der Waals surface area contributed by atoms with Crippen LogP contribution in [0, 0.1) is 0 Å². The Morgan fingerprint density at radius 1 is 1.40 bits per heavy atom. The molecule has 3 unspecified atom stereocenters. The van der Waals surface area contributed by atoms with E-state index in [2.05, 4.69) is 4.99 Å². The fraction of sp³-hybridized carbons (Fsp3) is 0.800. The van der Waals surface area contributed by atoms with Gasteiger partial charge >= 0.3 is 0 Å². The summed E-state index contributed by atoms with van der Waals surface area (Å²) in [6.07, 6.45) is -6.05. The van der Waals surface area contributed by atoms with Gasteiger partial charge < -0.3 is 5.73 Å². The van der Waals surface area contributed by atoms with E-state index in [1.165, 1.54) is 0 Å². The third-order valence-corrected chi connectivity index (χ3v) is 1.36. The smallest absolute Gasteiger partial charge is 0.190 e. The molecule has 1 aliphatic rings. The van der Waals surface area contributed by atoms with Crippen LogP contribution in [0.25, 0.3) is 0 Å². The lowest BCUT2D eigenvalue weighted by Gasteiger charge is -2.20. The van der Waals surface area contributed by atoms with E-state index in [0.29, 0.717) is 0 Å². The number of halogens is 3. The third-order valence-electron chi connectivity index (χ3n) is 1.36. The predicted octanol–water partition coefficient (Wildman–Crippen LogP) is 0.371. The average molecular weight is 152 g/mol. The molecule has 10 heavy (non-hydrogen) atoms. The first-order chi connectivity index (χ1) is 4.63. The Morgan fingerprint density at radius 2 is 2.00 bits per heavy atom. The summed E-state index contributed by atoms with van der Waals surface area (Å²) in [5, 5.41) is 0. The minimum Gasteiger partial charge on any atom is -0.385 e. The molecule has 58 valence electrons. The fourth-order valence-electron chi connectivity index (χ4n) is 0.727. The van der Waals surface area contributed by atoms with Crippen molar-refractivity contribution in [2.45, 2.75) is 18.5 Å². The Hall–Kier alpha value is -0.740. The van der Waals surface area contributed by atoms with Gasteiger partial charge in [0.25, 0.3) is 0 Å². The molecule has 0 saturated carbocycles. The first kappa shape index (κ1) is 7.37. The number of nitrogens with zero attached hydrogens (tertiary/aromatic N) is 1. The van der Waals surface area contributed by atoms with Gasteiger partial charge in [-0.25, -0.2) is 13.2 Å². The zero-order chi connectivity index (χ0) is 7.72. The number of aliphatic imine (C=N–C) groups is 1. The van der Waals surface area contributed by atoms with Crippen LogP contribution < -0.4 is 5.73 Å². The molecule has 0 aromatic carbocycles. The molecule has 2 nitrogen and oxygen atoms in total. The summed E-state index contributed by atoms with van der Waals surface area (Å²) in [5.41, 5.74) is 4.90. The summed E-state index contributed by atoms with van der Waals surface area (Å²) in [5.74, 6) is -0.443. The molecule has 0 aromatic heterocycles. The summed E-state index contributed by atoms with van der Waals surface area (Å²) < 4.78 is 36.9. The lowest BCUT2D eigenvalue weighted by molar-refractivity contribution is 0.109. The van der Waals surface area contributed by atoms with Crippen molar-refractivity contribution >= 4 is 5.84 Å². The zero-order valence-electron chi connectivity index (χ0n) is 5.10. The molecule has 0 bridgehead atoms. The molecule has 0 radical (unpaired) electrons. The molecule has 0 spiro atoms. The highest BCUT2D eigenvalue weighted by Gasteiger charge is 2.35. The van der Waals surface area contributed by atoms with Crippen LogP contribution in [-0.2, 0) is 0 Å². The molecule has 1 rings (SSSR count). The maximum absolute atomic E-state index is 12.4. The van der Waals surface area contributed by atoms with Gasteiger partial charge in [0.05, 0.1) is 6.54 Å². The molecule has 5 heteroatoms. The Labute approximate surface area is 55.9 Å². The van der Waals surface area contributed by atoms with Crippen LogP contribution in [-0.4, -0.2) is 30.9 Å². The van der Waals surface area contributed by atoms with Gasteiger partial charge in [0, 0.05) is 0 Å². The highest BCUT2D eigenvalue weighted by molar-refractivity contribution is 5.86. The van der Waals surface area contributed by atoms with Crippen LogP contribution in [0.5, 0.6) is 0 Å². The SMILES string of the molecule is NC1=NCC(F)C(F)C1F. The van der Waals surface area contributed by atoms with E-state index >= 15 is 0 Å². The highest BCUT2D eigenvalue weighted by Crippen LogP contribution is 2.16. The van der Waals surface area contributed by atoms with Crippen molar-refractivity contribution in [3.8, 4) is 0 Å². The normalized spacial score (nSPS) is 41.1. The van der Waals surface area contributed by atoms with E-state index in [0.717, 1.165) is 0 Å². The Kier molecular flexibility index (Phi) is 1.82. The number of rotatable bonds is 0. The minimum atomic E-state index is -2.14.